The van der Waals surface area contributed by atoms with Gasteiger partial charge in [-0.15, -0.1) is 0 Å². The summed E-state index contributed by atoms with van der Waals surface area (Å²) in [5, 5.41) is 0.593. The number of aromatic amines is 1. The average Bonchev–Trinajstić information content (AvgIpc) is 2.70. The number of nitrogens with zero attached hydrogens (tertiary/aromatic N) is 2. The highest BCUT2D eigenvalue weighted by atomic mass is 79.9. The Balaban J connectivity index is 2.53. The fraction of sp³-hybridized carbons (Fsp3) is 0. The Bertz CT molecular complexity index is 507. The maximum absolute atomic E-state index is 6.11. The second-order valence-electron chi connectivity index (χ2n) is 2.87. The first-order chi connectivity index (χ1) is 7.22. The lowest BCUT2D eigenvalue weighted by molar-refractivity contribution is 1.25. The summed E-state index contributed by atoms with van der Waals surface area (Å²) in [6, 6.07) is 0. The van der Waals surface area contributed by atoms with E-state index in [9.17, 15) is 0 Å². The molecule has 3 nitrogen and oxygen atoms in total. The lowest BCUT2D eigenvalue weighted by Crippen LogP contribution is -1.85. The highest BCUT2D eigenvalue weighted by Gasteiger charge is 2.09. The lowest BCUT2D eigenvalue weighted by Gasteiger charge is -2.01. The van der Waals surface area contributed by atoms with Gasteiger partial charge in [0.05, 0.1) is 26.9 Å². The van der Waals surface area contributed by atoms with Crippen LogP contribution in [-0.2, 0) is 0 Å². The molecule has 1 N–H and O–H groups in total. The van der Waals surface area contributed by atoms with Gasteiger partial charge in [-0.2, -0.15) is 0 Å². The zero-order valence-corrected chi connectivity index (χ0v) is 10.0. The summed E-state index contributed by atoms with van der Waals surface area (Å²) in [5.41, 5.74) is 1.61. The van der Waals surface area contributed by atoms with Crippen LogP contribution >= 0.6 is 27.5 Å². The smallest absolute Gasteiger partial charge is 0.140 e. The van der Waals surface area contributed by atoms with Crippen molar-refractivity contribution >= 4 is 33.6 Å². The molecule has 2 aromatic heterocycles. The van der Waals surface area contributed by atoms with Crippen LogP contribution in [0.25, 0.3) is 17.5 Å². The number of rotatable bonds is 2. The molecule has 0 aromatic carbocycles. The first kappa shape index (κ1) is 10.4. The van der Waals surface area contributed by atoms with Gasteiger partial charge in [0.15, 0.2) is 0 Å². The van der Waals surface area contributed by atoms with E-state index in [1.807, 2.05) is 0 Å². The Morgan fingerprint density at radius 2 is 2.20 bits per heavy atom. The molecule has 2 aromatic rings. The van der Waals surface area contributed by atoms with Gasteiger partial charge in [-0.05, 0) is 22.0 Å². The van der Waals surface area contributed by atoms with Crippen LogP contribution in [0.4, 0.5) is 0 Å². The molecular formula is C10H7BrClN3. The zero-order valence-electron chi connectivity index (χ0n) is 7.67. The Hall–Kier alpha value is -1.13. The molecule has 76 valence electrons. The molecule has 0 atom stereocenters. The maximum Gasteiger partial charge on any atom is 0.140 e. The van der Waals surface area contributed by atoms with E-state index >= 15 is 0 Å². The van der Waals surface area contributed by atoms with Crippen molar-refractivity contribution in [2.45, 2.75) is 0 Å². The van der Waals surface area contributed by atoms with Crippen LogP contribution in [0.2, 0.25) is 5.02 Å². The van der Waals surface area contributed by atoms with Crippen molar-refractivity contribution in [3.05, 3.63) is 40.4 Å². The van der Waals surface area contributed by atoms with Crippen LogP contribution in [-0.4, -0.2) is 15.0 Å². The summed E-state index contributed by atoms with van der Waals surface area (Å²) < 4.78 is 0.748. The molecule has 0 saturated carbocycles. The molecule has 0 saturated heterocycles. The second-order valence-corrected chi connectivity index (χ2v) is 4.11. The Labute approximate surface area is 100 Å². The van der Waals surface area contributed by atoms with Gasteiger partial charge in [-0.25, -0.2) is 4.98 Å². The normalized spacial score (nSPS) is 10.3. The number of hydrogen-bond acceptors (Lipinski definition) is 2. The monoisotopic (exact) mass is 283 g/mol. The molecule has 5 heteroatoms. The Morgan fingerprint density at radius 3 is 2.87 bits per heavy atom. The van der Waals surface area contributed by atoms with Crippen molar-refractivity contribution in [3.63, 3.8) is 0 Å². The zero-order chi connectivity index (χ0) is 10.8. The van der Waals surface area contributed by atoms with Gasteiger partial charge in [0.1, 0.15) is 5.82 Å². The van der Waals surface area contributed by atoms with Crippen LogP contribution in [0.5, 0.6) is 0 Å². The van der Waals surface area contributed by atoms with Crippen molar-refractivity contribution in [3.8, 4) is 11.4 Å². The van der Waals surface area contributed by atoms with Gasteiger partial charge in [0.2, 0.25) is 0 Å². The third-order valence-electron chi connectivity index (χ3n) is 1.91. The number of pyridine rings is 1. The number of aromatic nitrogens is 3. The van der Waals surface area contributed by atoms with Crippen LogP contribution < -0.4 is 0 Å². The number of halogens is 2. The van der Waals surface area contributed by atoms with E-state index in [1.165, 1.54) is 0 Å². The number of nitrogens with one attached hydrogen (secondary N) is 1. The van der Waals surface area contributed by atoms with Crippen LogP contribution in [0.15, 0.2) is 29.6 Å². The van der Waals surface area contributed by atoms with Crippen LogP contribution in [0, 0.1) is 0 Å². The third-order valence-corrected chi connectivity index (χ3v) is 3.14. The summed E-state index contributed by atoms with van der Waals surface area (Å²) in [6.45, 7) is 3.65. The molecule has 2 rings (SSSR count). The van der Waals surface area contributed by atoms with Crippen molar-refractivity contribution in [1.29, 1.82) is 0 Å². The van der Waals surface area contributed by atoms with Crippen LogP contribution in [0.3, 0.4) is 0 Å². The fourth-order valence-corrected chi connectivity index (χ4v) is 1.68. The fourth-order valence-electron chi connectivity index (χ4n) is 1.16. The standard InChI is InChI=1S/C10H7BrClN3/c1-2-6-3-14-10(15-6)7-4-13-5-8(11)9(7)12/h2-5H,1H2,(H,14,15). The first-order valence-corrected chi connectivity index (χ1v) is 5.36. The molecule has 0 unspecified atom stereocenters. The molecular weight excluding hydrogens is 277 g/mol. The summed E-state index contributed by atoms with van der Waals surface area (Å²) in [4.78, 5) is 11.3. The number of hydrogen-bond donors (Lipinski definition) is 1. The molecule has 0 radical (unpaired) electrons. The maximum atomic E-state index is 6.11. The largest absolute Gasteiger partial charge is 0.338 e. The molecule has 2 heterocycles. The number of H-pyrrole nitrogens is 1. The van der Waals surface area contributed by atoms with Gasteiger partial charge in [-0.1, -0.05) is 18.2 Å². The van der Waals surface area contributed by atoms with Crippen molar-refractivity contribution in [1.82, 2.24) is 15.0 Å². The van der Waals surface area contributed by atoms with E-state index in [2.05, 4.69) is 37.5 Å². The second kappa shape index (κ2) is 4.16. The minimum atomic E-state index is 0.593. The molecule has 0 aliphatic rings. The predicted octanol–water partition coefficient (Wildman–Crippen LogP) is 3.53. The molecule has 0 fully saturated rings. The quantitative estimate of drug-likeness (QED) is 0.916. The summed E-state index contributed by atoms with van der Waals surface area (Å²) in [6.07, 6.45) is 6.69. The minimum absolute atomic E-state index is 0.593. The van der Waals surface area contributed by atoms with Crippen LogP contribution in [0.1, 0.15) is 5.69 Å². The van der Waals surface area contributed by atoms with Crippen molar-refractivity contribution in [2.75, 3.05) is 0 Å². The first-order valence-electron chi connectivity index (χ1n) is 4.19. The lowest BCUT2D eigenvalue weighted by atomic mass is 10.3. The van der Waals surface area contributed by atoms with Gasteiger partial charge in [0.25, 0.3) is 0 Å². The molecule has 15 heavy (non-hydrogen) atoms. The highest BCUT2D eigenvalue weighted by molar-refractivity contribution is 9.10. The molecule has 0 spiro atoms. The van der Waals surface area contributed by atoms with E-state index in [1.54, 1.807) is 24.7 Å². The van der Waals surface area contributed by atoms with E-state index in [-0.39, 0.29) is 0 Å². The van der Waals surface area contributed by atoms with Gasteiger partial charge < -0.3 is 4.98 Å². The van der Waals surface area contributed by atoms with Crippen molar-refractivity contribution in [2.24, 2.45) is 0 Å². The molecule has 0 bridgehead atoms. The number of imidazole rings is 1. The van der Waals surface area contributed by atoms with E-state index in [4.69, 9.17) is 11.6 Å². The van der Waals surface area contributed by atoms with Gasteiger partial charge in [-0.3, -0.25) is 4.98 Å². The van der Waals surface area contributed by atoms with Gasteiger partial charge >= 0.3 is 0 Å². The van der Waals surface area contributed by atoms with Gasteiger partial charge in [0, 0.05) is 12.4 Å². The third kappa shape index (κ3) is 1.96. The molecule has 0 aliphatic heterocycles. The van der Waals surface area contributed by atoms with E-state index < -0.39 is 0 Å². The van der Waals surface area contributed by atoms with E-state index in [0.29, 0.717) is 10.8 Å². The molecule has 0 aliphatic carbocycles. The Morgan fingerprint density at radius 1 is 1.40 bits per heavy atom. The highest BCUT2D eigenvalue weighted by Crippen LogP contribution is 2.30. The SMILES string of the molecule is C=Cc1cnc(-c2cncc(Br)c2Cl)[nH]1. The van der Waals surface area contributed by atoms with E-state index in [0.717, 1.165) is 15.7 Å². The topological polar surface area (TPSA) is 41.6 Å². The van der Waals surface area contributed by atoms with Crippen molar-refractivity contribution < 1.29 is 0 Å². The summed E-state index contributed by atoms with van der Waals surface area (Å²) in [5.74, 6) is 0.684. The summed E-state index contributed by atoms with van der Waals surface area (Å²) in [7, 11) is 0. The summed E-state index contributed by atoms with van der Waals surface area (Å²) >= 11 is 9.42. The predicted molar refractivity (Wildman–Crippen MR) is 64.6 cm³/mol. The average molecular weight is 285 g/mol. The Kier molecular flexibility index (Phi) is 2.88. The molecule has 0 amide bonds. The minimum Gasteiger partial charge on any atom is -0.338 e.